The number of carboxylic acids is 4. The van der Waals surface area contributed by atoms with Gasteiger partial charge in [-0.3, -0.25) is 19.2 Å². The summed E-state index contributed by atoms with van der Waals surface area (Å²) in [7, 11) is 0. The summed E-state index contributed by atoms with van der Waals surface area (Å²) >= 11 is 0. The Bertz CT molecular complexity index is 567. The fourth-order valence-corrected chi connectivity index (χ4v) is 4.53. The quantitative estimate of drug-likeness (QED) is 0.504. The van der Waals surface area contributed by atoms with E-state index >= 15 is 0 Å². The molecule has 4 atom stereocenters. The summed E-state index contributed by atoms with van der Waals surface area (Å²) in [6.45, 7) is 1.84. The van der Waals surface area contributed by atoms with Gasteiger partial charge in [-0.15, -0.1) is 0 Å². The average molecular weight is 340 g/mol. The normalized spacial score (nSPS) is 37.1. The third-order valence-corrected chi connectivity index (χ3v) is 5.40. The Morgan fingerprint density at radius 3 is 1.67 bits per heavy atom. The Hall–Kier alpha value is -2.38. The maximum Gasteiger partial charge on any atom is 0.308 e. The SMILES string of the molecule is CCCCC12C=CC(C(C(=O)O)C1C(=O)O)C(C(=O)O)C2C(=O)O. The molecule has 8 nitrogen and oxygen atoms in total. The van der Waals surface area contributed by atoms with Crippen LogP contribution in [0.15, 0.2) is 12.2 Å². The molecule has 3 aliphatic carbocycles. The molecule has 8 heteroatoms. The lowest BCUT2D eigenvalue weighted by Gasteiger charge is -2.55. The van der Waals surface area contributed by atoms with Crippen LogP contribution in [0.1, 0.15) is 26.2 Å². The van der Waals surface area contributed by atoms with Crippen LogP contribution in [0.25, 0.3) is 0 Å². The standard InChI is InChI=1S/C16H20O8/c1-2-3-5-16-6-4-7(8(12(17)18)10(16)14(21)22)9(13(19)20)11(16)15(23)24/h4,6-11H,2-3,5H2,1H3,(H,17,18)(H,19,20)(H,21,22)(H,23,24). The lowest BCUT2D eigenvalue weighted by atomic mass is 9.44. The Morgan fingerprint density at radius 2 is 1.33 bits per heavy atom. The molecule has 4 N–H and O–H groups in total. The highest BCUT2D eigenvalue weighted by atomic mass is 16.4. The number of fused-ring (bicyclic) bond motifs is 2. The molecule has 0 aromatic carbocycles. The molecule has 132 valence electrons. The van der Waals surface area contributed by atoms with Crippen LogP contribution in [0.2, 0.25) is 0 Å². The van der Waals surface area contributed by atoms with Gasteiger partial charge in [0, 0.05) is 11.3 Å². The highest BCUT2D eigenvalue weighted by Gasteiger charge is 2.68. The maximum atomic E-state index is 11.8. The van der Waals surface area contributed by atoms with E-state index in [1.807, 2.05) is 6.92 Å². The second-order valence-corrected chi connectivity index (χ2v) is 6.51. The minimum Gasteiger partial charge on any atom is -0.481 e. The van der Waals surface area contributed by atoms with Crippen molar-refractivity contribution in [2.24, 2.45) is 35.0 Å². The molecule has 0 aromatic heterocycles. The van der Waals surface area contributed by atoms with E-state index in [1.54, 1.807) is 0 Å². The van der Waals surface area contributed by atoms with Crippen LogP contribution < -0.4 is 0 Å². The van der Waals surface area contributed by atoms with Crippen LogP contribution in [0, 0.1) is 35.0 Å². The van der Waals surface area contributed by atoms with Crippen molar-refractivity contribution in [2.75, 3.05) is 0 Å². The Morgan fingerprint density at radius 1 is 0.875 bits per heavy atom. The summed E-state index contributed by atoms with van der Waals surface area (Å²) in [5, 5.41) is 38.3. The maximum absolute atomic E-state index is 11.8. The summed E-state index contributed by atoms with van der Waals surface area (Å²) in [4.78, 5) is 47.0. The summed E-state index contributed by atoms with van der Waals surface area (Å²) < 4.78 is 0. The van der Waals surface area contributed by atoms with Crippen LogP contribution in [0.5, 0.6) is 0 Å². The summed E-state index contributed by atoms with van der Waals surface area (Å²) in [5.41, 5.74) is -1.52. The van der Waals surface area contributed by atoms with Crippen molar-refractivity contribution in [1.82, 2.24) is 0 Å². The van der Waals surface area contributed by atoms with Gasteiger partial charge in [0.1, 0.15) is 0 Å². The van der Waals surface area contributed by atoms with Crippen LogP contribution in [-0.4, -0.2) is 44.3 Å². The number of carboxylic acid groups (broad SMARTS) is 4. The van der Waals surface area contributed by atoms with Crippen molar-refractivity contribution < 1.29 is 39.6 Å². The van der Waals surface area contributed by atoms with Gasteiger partial charge < -0.3 is 20.4 Å². The fourth-order valence-electron chi connectivity index (χ4n) is 4.53. The second kappa shape index (κ2) is 6.26. The number of carbonyl (C=O) groups is 4. The van der Waals surface area contributed by atoms with Crippen molar-refractivity contribution in [3.05, 3.63) is 12.2 Å². The molecule has 0 saturated heterocycles. The van der Waals surface area contributed by atoms with E-state index in [9.17, 15) is 39.6 Å². The highest BCUT2D eigenvalue weighted by molar-refractivity contribution is 5.89. The predicted molar refractivity (Wildman–Crippen MR) is 79.1 cm³/mol. The Labute approximate surface area is 137 Å². The zero-order valence-corrected chi connectivity index (χ0v) is 13.1. The van der Waals surface area contributed by atoms with Crippen molar-refractivity contribution in [1.29, 1.82) is 0 Å². The molecule has 24 heavy (non-hydrogen) atoms. The lowest BCUT2D eigenvalue weighted by molar-refractivity contribution is -0.189. The second-order valence-electron chi connectivity index (χ2n) is 6.51. The Balaban J connectivity index is 2.71. The van der Waals surface area contributed by atoms with Crippen molar-refractivity contribution in [3.8, 4) is 0 Å². The summed E-state index contributed by atoms with van der Waals surface area (Å²) in [5.74, 6) is -12.6. The predicted octanol–water partition coefficient (Wildman–Crippen LogP) is 1.17. The zero-order chi connectivity index (χ0) is 18.2. The molecule has 0 aliphatic heterocycles. The van der Waals surface area contributed by atoms with E-state index in [1.165, 1.54) is 12.2 Å². The third-order valence-electron chi connectivity index (χ3n) is 5.40. The molecule has 0 heterocycles. The van der Waals surface area contributed by atoms with Crippen LogP contribution >= 0.6 is 0 Å². The van der Waals surface area contributed by atoms with Gasteiger partial charge in [0.25, 0.3) is 0 Å². The fraction of sp³-hybridized carbons (Fsp3) is 0.625. The minimum atomic E-state index is -1.52. The van der Waals surface area contributed by atoms with E-state index in [-0.39, 0.29) is 6.42 Å². The van der Waals surface area contributed by atoms with Gasteiger partial charge in [-0.25, -0.2) is 0 Å². The van der Waals surface area contributed by atoms with Crippen LogP contribution in [0.4, 0.5) is 0 Å². The third kappa shape index (κ3) is 2.46. The minimum absolute atomic E-state index is 0.119. The molecule has 0 amide bonds. The molecule has 3 aliphatic rings. The Kier molecular flexibility index (Phi) is 4.68. The largest absolute Gasteiger partial charge is 0.481 e. The van der Waals surface area contributed by atoms with Gasteiger partial charge in [-0.2, -0.15) is 0 Å². The van der Waals surface area contributed by atoms with Gasteiger partial charge in [-0.1, -0.05) is 31.9 Å². The summed E-state index contributed by atoms with van der Waals surface area (Å²) in [6, 6.07) is 0. The molecular weight excluding hydrogens is 320 g/mol. The van der Waals surface area contributed by atoms with Gasteiger partial charge in [0.05, 0.1) is 23.7 Å². The molecule has 4 unspecified atom stereocenters. The molecular formula is C16H20O8. The first-order valence-electron chi connectivity index (χ1n) is 7.79. The molecule has 0 radical (unpaired) electrons. The van der Waals surface area contributed by atoms with Gasteiger partial charge in [0.2, 0.25) is 0 Å². The van der Waals surface area contributed by atoms with Crippen LogP contribution in [-0.2, 0) is 19.2 Å². The number of aliphatic carboxylic acids is 4. The first-order chi connectivity index (χ1) is 11.2. The smallest absolute Gasteiger partial charge is 0.308 e. The lowest BCUT2D eigenvalue weighted by Crippen LogP contribution is -2.63. The number of hydrogen-bond acceptors (Lipinski definition) is 4. The van der Waals surface area contributed by atoms with E-state index in [0.29, 0.717) is 12.8 Å². The highest BCUT2D eigenvalue weighted by Crippen LogP contribution is 2.61. The van der Waals surface area contributed by atoms with Gasteiger partial charge in [-0.05, 0) is 6.42 Å². The number of allylic oxidation sites excluding steroid dienone is 2. The first-order valence-corrected chi connectivity index (χ1v) is 7.79. The van der Waals surface area contributed by atoms with E-state index in [4.69, 9.17) is 0 Å². The molecule has 0 aromatic rings. The first kappa shape index (κ1) is 18.0. The zero-order valence-electron chi connectivity index (χ0n) is 13.1. The molecule has 1 saturated carbocycles. The topological polar surface area (TPSA) is 149 Å². The van der Waals surface area contributed by atoms with E-state index in [0.717, 1.165) is 0 Å². The van der Waals surface area contributed by atoms with E-state index < -0.39 is 58.9 Å². The van der Waals surface area contributed by atoms with Gasteiger partial charge in [0.15, 0.2) is 0 Å². The number of rotatable bonds is 7. The average Bonchev–Trinajstić information content (AvgIpc) is 2.50. The number of hydrogen-bond donors (Lipinski definition) is 4. The van der Waals surface area contributed by atoms with Gasteiger partial charge >= 0.3 is 23.9 Å². The number of unbranched alkanes of at least 4 members (excludes halogenated alkanes) is 1. The molecule has 1 fully saturated rings. The van der Waals surface area contributed by atoms with Crippen molar-refractivity contribution in [2.45, 2.75) is 26.2 Å². The molecule has 2 bridgehead atoms. The monoisotopic (exact) mass is 340 g/mol. The van der Waals surface area contributed by atoms with E-state index in [2.05, 4.69) is 0 Å². The van der Waals surface area contributed by atoms with Crippen LogP contribution in [0.3, 0.4) is 0 Å². The van der Waals surface area contributed by atoms with Crippen molar-refractivity contribution in [3.63, 3.8) is 0 Å². The van der Waals surface area contributed by atoms with Crippen molar-refractivity contribution >= 4 is 23.9 Å². The summed E-state index contributed by atoms with van der Waals surface area (Å²) in [6.07, 6.45) is 4.08. The molecule has 0 spiro atoms. The molecule has 3 rings (SSSR count).